The zero-order chi connectivity index (χ0) is 25.1. The summed E-state index contributed by atoms with van der Waals surface area (Å²) in [7, 11) is 1.66. The Morgan fingerprint density at radius 1 is 0.889 bits per heavy atom. The number of thiophene rings is 1. The Kier molecular flexibility index (Phi) is 7.28. The van der Waals surface area contributed by atoms with E-state index >= 15 is 0 Å². The summed E-state index contributed by atoms with van der Waals surface area (Å²) in [4.78, 5) is 33.9. The van der Waals surface area contributed by atoms with E-state index in [1.807, 2.05) is 21.9 Å². The lowest BCUT2D eigenvalue weighted by Gasteiger charge is -2.37. The highest BCUT2D eigenvalue weighted by Crippen LogP contribution is 2.38. The van der Waals surface area contributed by atoms with E-state index in [9.17, 15) is 9.59 Å². The van der Waals surface area contributed by atoms with E-state index in [4.69, 9.17) is 4.74 Å². The van der Waals surface area contributed by atoms with Crippen LogP contribution < -0.4 is 9.64 Å². The largest absolute Gasteiger partial charge is 0.497 e. The standard InChI is InChI=1S/C29H33N3O3S/c1-21-3-5-22(6-4-21)29-25-14-20-36-26(25)13-15-32(29)28(34)12-11-27(33)31-18-16-30(17-19-31)23-7-9-24(35-2)10-8-23/h3-10,14,20,29H,11-13,15-19H2,1-2H3. The monoisotopic (exact) mass is 503 g/mol. The Balaban J connectivity index is 1.18. The van der Waals surface area contributed by atoms with Crippen LogP contribution in [-0.4, -0.2) is 61.4 Å². The molecule has 0 spiro atoms. The van der Waals surface area contributed by atoms with Gasteiger partial charge in [-0.3, -0.25) is 9.59 Å². The van der Waals surface area contributed by atoms with Crippen molar-refractivity contribution in [3.05, 3.63) is 81.5 Å². The first-order valence-electron chi connectivity index (χ1n) is 12.6. The van der Waals surface area contributed by atoms with Gasteiger partial charge in [0.15, 0.2) is 0 Å². The van der Waals surface area contributed by atoms with Crippen LogP contribution in [0, 0.1) is 6.92 Å². The SMILES string of the molecule is COc1ccc(N2CCN(C(=O)CCC(=O)N3CCc4sccc4C3c3ccc(C)cc3)CC2)cc1. The van der Waals surface area contributed by atoms with Crippen molar-refractivity contribution in [2.24, 2.45) is 0 Å². The van der Waals surface area contributed by atoms with E-state index in [1.165, 1.54) is 16.0 Å². The lowest BCUT2D eigenvalue weighted by molar-refractivity contribution is -0.138. The summed E-state index contributed by atoms with van der Waals surface area (Å²) in [5.74, 6) is 0.964. The van der Waals surface area contributed by atoms with Crippen LogP contribution in [0.25, 0.3) is 0 Å². The molecule has 2 amide bonds. The van der Waals surface area contributed by atoms with Crippen LogP contribution in [0.3, 0.4) is 0 Å². The summed E-state index contributed by atoms with van der Waals surface area (Å²) in [5, 5.41) is 2.12. The predicted octanol–water partition coefficient (Wildman–Crippen LogP) is 4.67. The molecule has 0 saturated carbocycles. The number of benzene rings is 2. The number of hydrogen-bond donors (Lipinski definition) is 0. The summed E-state index contributed by atoms with van der Waals surface area (Å²) in [5.41, 5.74) is 4.70. The van der Waals surface area contributed by atoms with Crippen molar-refractivity contribution in [1.29, 1.82) is 0 Å². The van der Waals surface area contributed by atoms with E-state index in [2.05, 4.69) is 59.7 Å². The van der Waals surface area contributed by atoms with Crippen LogP contribution in [0.1, 0.15) is 40.5 Å². The van der Waals surface area contributed by atoms with Crippen molar-refractivity contribution in [3.8, 4) is 5.75 Å². The third kappa shape index (κ3) is 5.12. The molecule has 1 saturated heterocycles. The number of amides is 2. The van der Waals surface area contributed by atoms with Gasteiger partial charge >= 0.3 is 0 Å². The molecule has 0 radical (unpaired) electrons. The van der Waals surface area contributed by atoms with Gasteiger partial charge in [-0.05, 0) is 60.2 Å². The fourth-order valence-corrected chi connectivity index (χ4v) is 6.12. The van der Waals surface area contributed by atoms with Gasteiger partial charge in [0, 0.05) is 56.1 Å². The summed E-state index contributed by atoms with van der Waals surface area (Å²) in [6, 6.07) is 18.6. The van der Waals surface area contributed by atoms with Crippen molar-refractivity contribution < 1.29 is 14.3 Å². The number of anilines is 1. The van der Waals surface area contributed by atoms with E-state index in [0.717, 1.165) is 36.5 Å². The highest BCUT2D eigenvalue weighted by molar-refractivity contribution is 7.10. The summed E-state index contributed by atoms with van der Waals surface area (Å²) >= 11 is 1.77. The fraction of sp³-hybridized carbons (Fsp3) is 0.379. The van der Waals surface area contributed by atoms with Gasteiger partial charge in [0.2, 0.25) is 11.8 Å². The normalized spacial score (nSPS) is 17.6. The molecule has 1 unspecified atom stereocenters. The summed E-state index contributed by atoms with van der Waals surface area (Å²) in [6.07, 6.45) is 1.39. The van der Waals surface area contributed by atoms with Crippen LogP contribution in [0.4, 0.5) is 5.69 Å². The van der Waals surface area contributed by atoms with Gasteiger partial charge in [-0.25, -0.2) is 0 Å². The molecule has 2 aromatic carbocycles. The molecule has 0 bridgehead atoms. The van der Waals surface area contributed by atoms with Gasteiger partial charge in [-0.2, -0.15) is 0 Å². The maximum Gasteiger partial charge on any atom is 0.223 e. The number of rotatable bonds is 6. The fourth-order valence-electron chi connectivity index (χ4n) is 5.22. The van der Waals surface area contributed by atoms with Gasteiger partial charge in [0.05, 0.1) is 13.2 Å². The lowest BCUT2D eigenvalue weighted by atomic mass is 9.92. The minimum Gasteiger partial charge on any atom is -0.497 e. The molecule has 2 aliphatic rings. The highest BCUT2D eigenvalue weighted by Gasteiger charge is 2.33. The Morgan fingerprint density at radius 2 is 1.58 bits per heavy atom. The number of ether oxygens (including phenoxy) is 1. The molecule has 3 heterocycles. The second-order valence-corrected chi connectivity index (χ2v) is 10.5. The number of hydrogen-bond acceptors (Lipinski definition) is 5. The Bertz CT molecular complexity index is 1200. The summed E-state index contributed by atoms with van der Waals surface area (Å²) < 4.78 is 5.24. The van der Waals surface area contributed by atoms with E-state index in [0.29, 0.717) is 19.6 Å². The van der Waals surface area contributed by atoms with Crippen LogP contribution in [0.15, 0.2) is 60.0 Å². The van der Waals surface area contributed by atoms with Crippen molar-refractivity contribution in [2.75, 3.05) is 44.7 Å². The molecule has 1 aromatic heterocycles. The van der Waals surface area contributed by atoms with Crippen LogP contribution in [0.2, 0.25) is 0 Å². The first kappa shape index (κ1) is 24.4. The van der Waals surface area contributed by atoms with E-state index in [1.54, 1.807) is 18.4 Å². The topological polar surface area (TPSA) is 53.1 Å². The number of aryl methyl sites for hydroxylation is 1. The van der Waals surface area contributed by atoms with Crippen molar-refractivity contribution in [2.45, 2.75) is 32.2 Å². The molecular formula is C29H33N3O3S. The van der Waals surface area contributed by atoms with Crippen LogP contribution in [0.5, 0.6) is 5.75 Å². The molecule has 6 nitrogen and oxygen atoms in total. The Labute approximate surface area is 217 Å². The average molecular weight is 504 g/mol. The number of piperazine rings is 1. The smallest absolute Gasteiger partial charge is 0.223 e. The molecule has 1 fully saturated rings. The quantitative estimate of drug-likeness (QED) is 0.491. The first-order chi connectivity index (χ1) is 17.5. The molecule has 36 heavy (non-hydrogen) atoms. The van der Waals surface area contributed by atoms with Gasteiger partial charge in [0.1, 0.15) is 5.75 Å². The summed E-state index contributed by atoms with van der Waals surface area (Å²) in [6.45, 7) is 5.69. The maximum absolute atomic E-state index is 13.4. The molecule has 1 atom stereocenters. The first-order valence-corrected chi connectivity index (χ1v) is 13.5. The van der Waals surface area contributed by atoms with Gasteiger partial charge in [-0.15, -0.1) is 11.3 Å². The second-order valence-electron chi connectivity index (χ2n) is 9.52. The minimum absolute atomic E-state index is 0.0580. The third-order valence-electron chi connectivity index (χ3n) is 7.30. The zero-order valence-corrected chi connectivity index (χ0v) is 21.8. The maximum atomic E-state index is 13.4. The molecular weight excluding hydrogens is 470 g/mol. The third-order valence-corrected chi connectivity index (χ3v) is 8.30. The molecule has 188 valence electrons. The van der Waals surface area contributed by atoms with Crippen molar-refractivity contribution >= 4 is 28.8 Å². The van der Waals surface area contributed by atoms with Crippen molar-refractivity contribution in [1.82, 2.24) is 9.80 Å². The molecule has 3 aromatic rings. The number of carbonyl (C=O) groups is 2. The van der Waals surface area contributed by atoms with Crippen LogP contribution in [-0.2, 0) is 16.0 Å². The van der Waals surface area contributed by atoms with Crippen LogP contribution >= 0.6 is 11.3 Å². The van der Waals surface area contributed by atoms with E-state index < -0.39 is 0 Å². The minimum atomic E-state index is -0.0729. The molecule has 0 aliphatic carbocycles. The molecule has 5 rings (SSSR count). The second kappa shape index (κ2) is 10.7. The Hall–Kier alpha value is -3.32. The lowest BCUT2D eigenvalue weighted by Crippen LogP contribution is -2.49. The van der Waals surface area contributed by atoms with Gasteiger partial charge in [-0.1, -0.05) is 29.8 Å². The molecule has 0 N–H and O–H groups in total. The molecule has 7 heteroatoms. The van der Waals surface area contributed by atoms with E-state index in [-0.39, 0.29) is 30.7 Å². The number of methoxy groups -OCH3 is 1. The van der Waals surface area contributed by atoms with Crippen molar-refractivity contribution in [3.63, 3.8) is 0 Å². The number of carbonyl (C=O) groups excluding carboxylic acids is 2. The average Bonchev–Trinajstić information content (AvgIpc) is 3.41. The highest BCUT2D eigenvalue weighted by atomic mass is 32.1. The van der Waals surface area contributed by atoms with Gasteiger partial charge < -0.3 is 19.4 Å². The predicted molar refractivity (Wildman–Crippen MR) is 144 cm³/mol. The van der Waals surface area contributed by atoms with Gasteiger partial charge in [0.25, 0.3) is 0 Å². The Morgan fingerprint density at radius 3 is 2.28 bits per heavy atom. The number of fused-ring (bicyclic) bond motifs is 1. The number of nitrogens with zero attached hydrogens (tertiary/aromatic N) is 3. The molecule has 2 aliphatic heterocycles. The zero-order valence-electron chi connectivity index (χ0n) is 21.0.